The highest BCUT2D eigenvalue weighted by Crippen LogP contribution is 2.55. The summed E-state index contributed by atoms with van der Waals surface area (Å²) in [6.07, 6.45) is 8.73. The maximum Gasteiger partial charge on any atom is 0.319 e. The van der Waals surface area contributed by atoms with Gasteiger partial charge in [-0.05, 0) is 94.0 Å². The lowest BCUT2D eigenvalue weighted by molar-refractivity contribution is -0.0127. The Morgan fingerprint density at radius 1 is 1.00 bits per heavy atom. The third kappa shape index (κ3) is 5.17. The molecule has 1 aromatic carbocycles. The molecule has 1 saturated heterocycles. The maximum atomic E-state index is 12.7. The second-order valence-electron chi connectivity index (χ2n) is 10.6. The molecule has 4 aliphatic carbocycles. The summed E-state index contributed by atoms with van der Waals surface area (Å²) in [4.78, 5) is 17.6. The molecule has 6 nitrogen and oxygen atoms in total. The highest BCUT2D eigenvalue weighted by molar-refractivity contribution is 5.89. The van der Waals surface area contributed by atoms with E-state index in [0.29, 0.717) is 0 Å². The van der Waals surface area contributed by atoms with Gasteiger partial charge in [0.15, 0.2) is 0 Å². The van der Waals surface area contributed by atoms with Gasteiger partial charge in [0, 0.05) is 44.0 Å². The van der Waals surface area contributed by atoms with Crippen molar-refractivity contribution in [2.24, 2.45) is 17.8 Å². The van der Waals surface area contributed by atoms with E-state index < -0.39 is 0 Å². The van der Waals surface area contributed by atoms with Crippen molar-refractivity contribution in [1.29, 1.82) is 0 Å². The molecule has 1 heterocycles. The van der Waals surface area contributed by atoms with Gasteiger partial charge in [0.05, 0.1) is 6.61 Å². The predicted molar refractivity (Wildman–Crippen MR) is 124 cm³/mol. The standard InChI is InChI=1S/C25H38N4O2/c1-28-8-10-29(11-9-28)7-2-12-31-23-5-3-22(4-6-23)26-24(30)27-25-16-19-13-20(17-25)15-21(14-19)18-25/h3-6,19-21H,2,7-18H2,1H3,(H2,26,27,30). The van der Waals surface area contributed by atoms with Crippen LogP contribution in [-0.2, 0) is 0 Å². The van der Waals surface area contributed by atoms with E-state index in [4.69, 9.17) is 4.74 Å². The van der Waals surface area contributed by atoms with E-state index in [-0.39, 0.29) is 11.6 Å². The van der Waals surface area contributed by atoms with Gasteiger partial charge in [0.1, 0.15) is 5.75 Å². The Bertz CT molecular complexity index is 722. The number of anilines is 1. The van der Waals surface area contributed by atoms with Crippen LogP contribution < -0.4 is 15.4 Å². The molecule has 170 valence electrons. The summed E-state index contributed by atoms with van der Waals surface area (Å²) in [5.41, 5.74) is 0.873. The molecule has 0 spiro atoms. The summed E-state index contributed by atoms with van der Waals surface area (Å²) in [5.74, 6) is 3.36. The Morgan fingerprint density at radius 2 is 1.61 bits per heavy atom. The third-order valence-corrected chi connectivity index (χ3v) is 8.01. The maximum absolute atomic E-state index is 12.7. The molecule has 6 rings (SSSR count). The number of carbonyl (C=O) groups is 1. The van der Waals surface area contributed by atoms with Crippen molar-refractivity contribution in [3.05, 3.63) is 24.3 Å². The fourth-order valence-corrected chi connectivity index (χ4v) is 6.85. The van der Waals surface area contributed by atoms with Crippen molar-refractivity contribution in [3.63, 3.8) is 0 Å². The summed E-state index contributed by atoms with van der Waals surface area (Å²) in [6, 6.07) is 7.74. The Morgan fingerprint density at radius 3 is 2.23 bits per heavy atom. The first-order valence-electron chi connectivity index (χ1n) is 12.3. The van der Waals surface area contributed by atoms with Crippen LogP contribution in [0.5, 0.6) is 5.75 Å². The van der Waals surface area contributed by atoms with E-state index in [1.807, 2.05) is 24.3 Å². The van der Waals surface area contributed by atoms with E-state index in [1.165, 1.54) is 38.5 Å². The average molecular weight is 427 g/mol. The number of nitrogens with zero attached hydrogens (tertiary/aromatic N) is 2. The third-order valence-electron chi connectivity index (χ3n) is 8.01. The number of piperazine rings is 1. The van der Waals surface area contributed by atoms with Crippen molar-refractivity contribution in [3.8, 4) is 5.75 Å². The molecule has 1 aromatic rings. The average Bonchev–Trinajstić information content (AvgIpc) is 2.72. The number of carbonyl (C=O) groups excluding carboxylic acids is 1. The lowest BCUT2D eigenvalue weighted by Gasteiger charge is -2.56. The van der Waals surface area contributed by atoms with E-state index in [1.54, 1.807) is 0 Å². The first-order chi connectivity index (χ1) is 15.1. The summed E-state index contributed by atoms with van der Waals surface area (Å²) >= 11 is 0. The molecule has 5 aliphatic rings. The zero-order chi connectivity index (χ0) is 21.3. The molecule has 0 atom stereocenters. The smallest absolute Gasteiger partial charge is 0.319 e. The Hall–Kier alpha value is -1.79. The van der Waals surface area contributed by atoms with E-state index >= 15 is 0 Å². The molecule has 4 saturated carbocycles. The van der Waals surface area contributed by atoms with Crippen molar-refractivity contribution in [1.82, 2.24) is 15.1 Å². The molecular weight excluding hydrogens is 388 g/mol. The fourth-order valence-electron chi connectivity index (χ4n) is 6.85. The number of likely N-dealkylation sites (N-methyl/N-ethyl adjacent to an activating group) is 1. The van der Waals surface area contributed by atoms with Crippen LogP contribution >= 0.6 is 0 Å². The SMILES string of the molecule is CN1CCN(CCCOc2ccc(NC(=O)NC34CC5CC(CC(C5)C3)C4)cc2)CC1. The lowest BCUT2D eigenvalue weighted by atomic mass is 9.53. The molecule has 2 amide bonds. The minimum Gasteiger partial charge on any atom is -0.494 e. The van der Waals surface area contributed by atoms with E-state index in [9.17, 15) is 4.79 Å². The van der Waals surface area contributed by atoms with Crippen molar-refractivity contribution in [2.45, 2.75) is 50.5 Å². The Kier molecular flexibility index (Phi) is 6.11. The highest BCUT2D eigenvalue weighted by atomic mass is 16.5. The zero-order valence-electron chi connectivity index (χ0n) is 18.9. The van der Waals surface area contributed by atoms with Gasteiger partial charge < -0.3 is 25.2 Å². The van der Waals surface area contributed by atoms with E-state index in [2.05, 4.69) is 27.5 Å². The second kappa shape index (κ2) is 8.99. The van der Waals surface area contributed by atoms with Crippen LogP contribution in [0.3, 0.4) is 0 Å². The van der Waals surface area contributed by atoms with Gasteiger partial charge in [-0.3, -0.25) is 0 Å². The Balaban J connectivity index is 1.04. The lowest BCUT2D eigenvalue weighted by Crippen LogP contribution is -2.60. The predicted octanol–water partition coefficient (Wildman–Crippen LogP) is 3.79. The van der Waals surface area contributed by atoms with E-state index in [0.717, 1.165) is 74.9 Å². The molecule has 5 fully saturated rings. The fraction of sp³-hybridized carbons (Fsp3) is 0.720. The molecule has 31 heavy (non-hydrogen) atoms. The molecule has 0 aromatic heterocycles. The van der Waals surface area contributed by atoms with Crippen LogP contribution in [-0.4, -0.2) is 67.7 Å². The second-order valence-corrected chi connectivity index (χ2v) is 10.6. The highest BCUT2D eigenvalue weighted by Gasteiger charge is 2.51. The van der Waals surface area contributed by atoms with Gasteiger partial charge in [-0.2, -0.15) is 0 Å². The topological polar surface area (TPSA) is 56.8 Å². The van der Waals surface area contributed by atoms with Crippen LogP contribution in [0.1, 0.15) is 44.9 Å². The number of nitrogens with one attached hydrogen (secondary N) is 2. The summed E-state index contributed by atoms with van der Waals surface area (Å²) < 4.78 is 5.90. The summed E-state index contributed by atoms with van der Waals surface area (Å²) in [6.45, 7) is 6.45. The summed E-state index contributed by atoms with van der Waals surface area (Å²) in [5, 5.41) is 6.42. The zero-order valence-corrected chi connectivity index (χ0v) is 18.9. The number of amides is 2. The minimum atomic E-state index is -0.0530. The molecule has 0 radical (unpaired) electrons. The molecule has 0 unspecified atom stereocenters. The quantitative estimate of drug-likeness (QED) is 0.652. The van der Waals surface area contributed by atoms with Crippen LogP contribution in [0.15, 0.2) is 24.3 Å². The van der Waals surface area contributed by atoms with Gasteiger partial charge in [-0.15, -0.1) is 0 Å². The number of rotatable bonds is 7. The van der Waals surface area contributed by atoms with Crippen LogP contribution in [0.4, 0.5) is 10.5 Å². The normalized spacial score (nSPS) is 32.7. The molecule has 2 N–H and O–H groups in total. The number of benzene rings is 1. The largest absolute Gasteiger partial charge is 0.494 e. The number of ether oxygens (including phenoxy) is 1. The molecule has 1 aliphatic heterocycles. The molecular formula is C25H38N4O2. The van der Waals surface area contributed by atoms with Crippen LogP contribution in [0.2, 0.25) is 0 Å². The van der Waals surface area contributed by atoms with Crippen LogP contribution in [0, 0.1) is 17.8 Å². The number of urea groups is 1. The van der Waals surface area contributed by atoms with Gasteiger partial charge in [0.25, 0.3) is 0 Å². The molecule has 6 heteroatoms. The van der Waals surface area contributed by atoms with Crippen molar-refractivity contribution in [2.75, 3.05) is 51.7 Å². The van der Waals surface area contributed by atoms with Gasteiger partial charge >= 0.3 is 6.03 Å². The van der Waals surface area contributed by atoms with Crippen molar-refractivity contribution < 1.29 is 9.53 Å². The summed E-state index contributed by atoms with van der Waals surface area (Å²) in [7, 11) is 2.19. The minimum absolute atomic E-state index is 0.0473. The molecule has 4 bridgehead atoms. The number of hydrogen-bond acceptors (Lipinski definition) is 4. The first-order valence-corrected chi connectivity index (χ1v) is 12.3. The number of hydrogen-bond donors (Lipinski definition) is 2. The van der Waals surface area contributed by atoms with Crippen molar-refractivity contribution >= 4 is 11.7 Å². The Labute approximate surface area is 186 Å². The van der Waals surface area contributed by atoms with Crippen LogP contribution in [0.25, 0.3) is 0 Å². The monoisotopic (exact) mass is 426 g/mol. The van der Waals surface area contributed by atoms with Gasteiger partial charge in [-0.25, -0.2) is 4.79 Å². The van der Waals surface area contributed by atoms with Gasteiger partial charge in [-0.1, -0.05) is 0 Å². The first kappa shape index (κ1) is 21.1. The van der Waals surface area contributed by atoms with Gasteiger partial charge in [0.2, 0.25) is 0 Å².